The molecule has 1 aromatic heterocycles. The summed E-state index contributed by atoms with van der Waals surface area (Å²) in [4.78, 5) is 18.3. The number of thiazole rings is 1. The van der Waals surface area contributed by atoms with Crippen LogP contribution < -0.4 is 9.64 Å². The molecule has 26 heavy (non-hydrogen) atoms. The Morgan fingerprint density at radius 1 is 1.31 bits per heavy atom. The van der Waals surface area contributed by atoms with Crippen LogP contribution in [0.25, 0.3) is 10.2 Å². The lowest BCUT2D eigenvalue weighted by Gasteiger charge is -2.19. The highest BCUT2D eigenvalue weighted by Crippen LogP contribution is 2.28. The van der Waals surface area contributed by atoms with E-state index in [-0.39, 0.29) is 24.0 Å². The van der Waals surface area contributed by atoms with E-state index in [4.69, 9.17) is 4.74 Å². The summed E-state index contributed by atoms with van der Waals surface area (Å²) in [6, 6.07) is 10.1. The van der Waals surface area contributed by atoms with Crippen molar-refractivity contribution in [1.29, 1.82) is 0 Å². The maximum atomic E-state index is 14.8. The van der Waals surface area contributed by atoms with Crippen molar-refractivity contribution in [3.05, 3.63) is 65.4 Å². The summed E-state index contributed by atoms with van der Waals surface area (Å²) in [5, 5.41) is 0. The first-order valence-electron chi connectivity index (χ1n) is 8.29. The SMILES string of the molecule is CCC=CCOc1cccc(N(C)C(=O)c2ccc3ncsc3c2)c1F. The number of halogens is 1. The van der Waals surface area contributed by atoms with Crippen LogP contribution in [-0.4, -0.2) is 24.5 Å². The number of carbonyl (C=O) groups excluding carboxylic acids is 1. The Balaban J connectivity index is 1.83. The van der Waals surface area contributed by atoms with Gasteiger partial charge in [0.15, 0.2) is 11.6 Å². The van der Waals surface area contributed by atoms with Crippen molar-refractivity contribution in [1.82, 2.24) is 4.98 Å². The zero-order chi connectivity index (χ0) is 18.5. The van der Waals surface area contributed by atoms with Crippen LogP contribution in [0.4, 0.5) is 10.1 Å². The molecule has 0 radical (unpaired) electrons. The first kappa shape index (κ1) is 18.1. The summed E-state index contributed by atoms with van der Waals surface area (Å²) in [6.45, 7) is 2.30. The number of nitrogens with zero attached hydrogens (tertiary/aromatic N) is 2. The van der Waals surface area contributed by atoms with E-state index < -0.39 is 5.82 Å². The van der Waals surface area contributed by atoms with Crippen molar-refractivity contribution in [3.63, 3.8) is 0 Å². The largest absolute Gasteiger partial charge is 0.486 e. The van der Waals surface area contributed by atoms with Gasteiger partial charge >= 0.3 is 0 Å². The lowest BCUT2D eigenvalue weighted by atomic mass is 10.1. The molecule has 2 aromatic carbocycles. The molecular weight excluding hydrogens is 351 g/mol. The fourth-order valence-electron chi connectivity index (χ4n) is 2.53. The summed E-state index contributed by atoms with van der Waals surface area (Å²) in [5.74, 6) is -0.713. The molecule has 0 aliphatic rings. The number of aromatic nitrogens is 1. The first-order chi connectivity index (χ1) is 12.6. The van der Waals surface area contributed by atoms with Gasteiger partial charge in [-0.15, -0.1) is 11.3 Å². The number of amides is 1. The van der Waals surface area contributed by atoms with E-state index in [2.05, 4.69) is 4.98 Å². The van der Waals surface area contributed by atoms with E-state index in [0.29, 0.717) is 5.56 Å². The molecule has 0 unspecified atom stereocenters. The fourth-order valence-corrected chi connectivity index (χ4v) is 3.25. The summed E-state index contributed by atoms with van der Waals surface area (Å²) in [5.41, 5.74) is 3.24. The second-order valence-corrected chi connectivity index (χ2v) is 6.57. The zero-order valence-electron chi connectivity index (χ0n) is 14.6. The summed E-state index contributed by atoms with van der Waals surface area (Å²) < 4.78 is 21.1. The molecule has 0 N–H and O–H groups in total. The van der Waals surface area contributed by atoms with Crippen molar-refractivity contribution in [2.75, 3.05) is 18.6 Å². The molecule has 0 saturated heterocycles. The molecular formula is C20H19FN2O2S. The van der Waals surface area contributed by atoms with Gasteiger partial charge in [0.25, 0.3) is 5.91 Å². The second-order valence-electron chi connectivity index (χ2n) is 5.68. The third kappa shape index (κ3) is 3.75. The summed E-state index contributed by atoms with van der Waals surface area (Å²) >= 11 is 1.46. The number of hydrogen-bond acceptors (Lipinski definition) is 4. The molecule has 1 amide bonds. The van der Waals surface area contributed by atoms with Crippen LogP contribution in [0.5, 0.6) is 5.75 Å². The average Bonchev–Trinajstić information content (AvgIpc) is 3.13. The van der Waals surface area contributed by atoms with Crippen LogP contribution in [0, 0.1) is 5.82 Å². The topological polar surface area (TPSA) is 42.4 Å². The van der Waals surface area contributed by atoms with Crippen LogP contribution in [0.15, 0.2) is 54.1 Å². The fraction of sp³-hybridized carbons (Fsp3) is 0.200. The van der Waals surface area contributed by atoms with Gasteiger partial charge < -0.3 is 9.64 Å². The van der Waals surface area contributed by atoms with Crippen molar-refractivity contribution >= 4 is 33.1 Å². The quantitative estimate of drug-likeness (QED) is 0.570. The number of ether oxygens (including phenoxy) is 1. The van der Waals surface area contributed by atoms with Gasteiger partial charge in [-0.2, -0.15) is 0 Å². The monoisotopic (exact) mass is 370 g/mol. The van der Waals surface area contributed by atoms with Crippen molar-refractivity contribution < 1.29 is 13.9 Å². The van der Waals surface area contributed by atoms with Gasteiger partial charge in [-0.25, -0.2) is 9.37 Å². The molecule has 0 atom stereocenters. The number of anilines is 1. The standard InChI is InChI=1S/C20H19FN2O2S/c1-3-4-5-11-25-17-8-6-7-16(19(17)21)23(2)20(24)14-9-10-15-18(12-14)26-13-22-15/h4-10,12-13H,3,11H2,1-2H3. The Bertz CT molecular complexity index is 952. The third-order valence-electron chi connectivity index (χ3n) is 3.92. The summed E-state index contributed by atoms with van der Waals surface area (Å²) in [6.07, 6.45) is 4.69. The van der Waals surface area contributed by atoms with Gasteiger partial charge in [-0.3, -0.25) is 4.79 Å². The maximum Gasteiger partial charge on any atom is 0.258 e. The zero-order valence-corrected chi connectivity index (χ0v) is 15.4. The molecule has 6 heteroatoms. The van der Waals surface area contributed by atoms with Crippen molar-refractivity contribution in [2.24, 2.45) is 0 Å². The molecule has 0 bridgehead atoms. The minimum absolute atomic E-state index is 0.126. The lowest BCUT2D eigenvalue weighted by Crippen LogP contribution is -2.27. The number of rotatable bonds is 6. The third-order valence-corrected chi connectivity index (χ3v) is 4.72. The molecule has 0 spiro atoms. The normalized spacial score (nSPS) is 11.2. The Labute approximate surface area is 155 Å². The van der Waals surface area contributed by atoms with E-state index in [1.54, 1.807) is 49.0 Å². The number of benzene rings is 2. The van der Waals surface area contributed by atoms with E-state index in [1.165, 1.54) is 16.2 Å². The molecule has 0 fully saturated rings. The predicted octanol–water partition coefficient (Wildman–Crippen LogP) is 5.06. The highest BCUT2D eigenvalue weighted by molar-refractivity contribution is 7.16. The number of allylic oxidation sites excluding steroid dienone is 1. The maximum absolute atomic E-state index is 14.8. The van der Waals surface area contributed by atoms with Gasteiger partial charge in [0.1, 0.15) is 6.61 Å². The number of fused-ring (bicyclic) bond motifs is 1. The Morgan fingerprint density at radius 2 is 2.15 bits per heavy atom. The molecule has 3 rings (SSSR count). The van der Waals surface area contributed by atoms with E-state index in [1.807, 2.05) is 19.1 Å². The summed E-state index contributed by atoms with van der Waals surface area (Å²) in [7, 11) is 1.55. The molecule has 0 aliphatic heterocycles. The number of hydrogen-bond donors (Lipinski definition) is 0. The highest BCUT2D eigenvalue weighted by Gasteiger charge is 2.19. The molecule has 3 aromatic rings. The van der Waals surface area contributed by atoms with Crippen LogP contribution >= 0.6 is 11.3 Å². The van der Waals surface area contributed by atoms with Crippen LogP contribution in [0.3, 0.4) is 0 Å². The van der Waals surface area contributed by atoms with Crippen LogP contribution in [0.2, 0.25) is 0 Å². The Kier molecular flexibility index (Phi) is 5.63. The molecule has 1 heterocycles. The number of carbonyl (C=O) groups is 1. The van der Waals surface area contributed by atoms with E-state index >= 15 is 0 Å². The lowest BCUT2D eigenvalue weighted by molar-refractivity contribution is 0.0992. The predicted molar refractivity (Wildman–Crippen MR) is 104 cm³/mol. The second kappa shape index (κ2) is 8.10. The Hall–Kier alpha value is -2.73. The van der Waals surface area contributed by atoms with Gasteiger partial charge in [-0.1, -0.05) is 25.1 Å². The molecule has 0 saturated carbocycles. The minimum Gasteiger partial charge on any atom is -0.486 e. The van der Waals surface area contributed by atoms with Gasteiger partial charge in [0.2, 0.25) is 0 Å². The molecule has 0 aliphatic carbocycles. The van der Waals surface area contributed by atoms with Gasteiger partial charge in [0, 0.05) is 12.6 Å². The molecule has 134 valence electrons. The van der Waals surface area contributed by atoms with Crippen LogP contribution in [0.1, 0.15) is 23.7 Å². The van der Waals surface area contributed by atoms with Gasteiger partial charge in [0.05, 0.1) is 21.4 Å². The average molecular weight is 370 g/mol. The van der Waals surface area contributed by atoms with E-state index in [0.717, 1.165) is 16.6 Å². The highest BCUT2D eigenvalue weighted by atomic mass is 32.1. The smallest absolute Gasteiger partial charge is 0.258 e. The molecule has 4 nitrogen and oxygen atoms in total. The van der Waals surface area contributed by atoms with E-state index in [9.17, 15) is 9.18 Å². The van der Waals surface area contributed by atoms with Crippen LogP contribution in [-0.2, 0) is 0 Å². The van der Waals surface area contributed by atoms with Crippen molar-refractivity contribution in [2.45, 2.75) is 13.3 Å². The van der Waals surface area contributed by atoms with Crippen molar-refractivity contribution in [3.8, 4) is 5.75 Å². The minimum atomic E-state index is -0.549. The Morgan fingerprint density at radius 3 is 2.96 bits per heavy atom. The first-order valence-corrected chi connectivity index (χ1v) is 9.17. The van der Waals surface area contributed by atoms with Gasteiger partial charge in [-0.05, 0) is 36.8 Å².